The van der Waals surface area contributed by atoms with Crippen LogP contribution in [0.5, 0.6) is 0 Å². The summed E-state index contributed by atoms with van der Waals surface area (Å²) in [5.74, 6) is -0.258. The van der Waals surface area contributed by atoms with Crippen LogP contribution in [0.15, 0.2) is 72.5 Å². The quantitative estimate of drug-likeness (QED) is 0.772. The molecule has 1 unspecified atom stereocenters. The molecule has 0 fully saturated rings. The highest BCUT2D eigenvalue weighted by Crippen LogP contribution is 2.33. The van der Waals surface area contributed by atoms with Crippen molar-refractivity contribution in [3.8, 4) is 0 Å². The molecule has 3 rings (SSSR count). The van der Waals surface area contributed by atoms with E-state index in [2.05, 4.69) is 0 Å². The predicted molar refractivity (Wildman–Crippen MR) is 108 cm³/mol. The second kappa shape index (κ2) is 7.76. The normalized spacial score (nSPS) is 19.7. The van der Waals surface area contributed by atoms with E-state index < -0.39 is 10.0 Å². The van der Waals surface area contributed by atoms with E-state index >= 15 is 0 Å². The monoisotopic (exact) mass is 387 g/mol. The SMILES string of the molecule is CCS(=O)(=O)[N+]1(c2cccc(Cc3ccccc3F)c2)C=C(CN)C=CC1. The molecule has 0 amide bonds. The number of hydrogen-bond acceptors (Lipinski definition) is 3. The summed E-state index contributed by atoms with van der Waals surface area (Å²) in [5, 5.41) is 0. The van der Waals surface area contributed by atoms with Crippen LogP contribution in [0, 0.1) is 5.82 Å². The van der Waals surface area contributed by atoms with E-state index in [1.165, 1.54) is 6.07 Å². The van der Waals surface area contributed by atoms with Crippen molar-refractivity contribution in [3.05, 3.63) is 89.4 Å². The molecule has 0 spiro atoms. The first-order valence-corrected chi connectivity index (χ1v) is 10.5. The molecule has 2 aromatic carbocycles. The van der Waals surface area contributed by atoms with E-state index in [-0.39, 0.29) is 22.0 Å². The van der Waals surface area contributed by atoms with Crippen LogP contribution in [0.25, 0.3) is 0 Å². The fourth-order valence-electron chi connectivity index (χ4n) is 3.37. The van der Waals surface area contributed by atoms with Gasteiger partial charge >= 0.3 is 10.0 Å². The van der Waals surface area contributed by atoms with Gasteiger partial charge in [-0.25, -0.2) is 4.39 Å². The van der Waals surface area contributed by atoms with Gasteiger partial charge in [0.15, 0.2) is 5.69 Å². The van der Waals surface area contributed by atoms with Gasteiger partial charge in [-0.05, 0) is 30.2 Å². The van der Waals surface area contributed by atoms with Crippen molar-refractivity contribution >= 4 is 15.7 Å². The van der Waals surface area contributed by atoms with Crippen molar-refractivity contribution < 1.29 is 12.8 Å². The van der Waals surface area contributed by atoms with E-state index in [0.29, 0.717) is 24.2 Å². The van der Waals surface area contributed by atoms with E-state index in [9.17, 15) is 12.8 Å². The lowest BCUT2D eigenvalue weighted by atomic mass is 10.0. The fraction of sp³-hybridized carbons (Fsp3) is 0.238. The average molecular weight is 388 g/mol. The minimum atomic E-state index is -3.50. The van der Waals surface area contributed by atoms with Gasteiger partial charge in [0.1, 0.15) is 18.6 Å². The maximum absolute atomic E-state index is 14.0. The van der Waals surface area contributed by atoms with Crippen molar-refractivity contribution in [1.29, 1.82) is 0 Å². The summed E-state index contributed by atoms with van der Waals surface area (Å²) >= 11 is 0. The van der Waals surface area contributed by atoms with Gasteiger partial charge < -0.3 is 5.73 Å². The van der Waals surface area contributed by atoms with Gasteiger partial charge in [0.25, 0.3) is 0 Å². The van der Waals surface area contributed by atoms with Gasteiger partial charge in [-0.2, -0.15) is 12.3 Å². The topological polar surface area (TPSA) is 60.2 Å². The van der Waals surface area contributed by atoms with Gasteiger partial charge in [0.2, 0.25) is 0 Å². The van der Waals surface area contributed by atoms with Crippen molar-refractivity contribution in [2.24, 2.45) is 5.73 Å². The zero-order valence-corrected chi connectivity index (χ0v) is 16.1. The largest absolute Gasteiger partial charge is 0.326 e. The molecular formula is C21H24FN2O2S+. The van der Waals surface area contributed by atoms with Crippen LogP contribution in [-0.4, -0.2) is 27.3 Å². The van der Waals surface area contributed by atoms with Crippen molar-refractivity contribution in [1.82, 2.24) is 3.89 Å². The lowest BCUT2D eigenvalue weighted by Crippen LogP contribution is -2.51. The molecule has 6 heteroatoms. The molecule has 1 heterocycles. The Morgan fingerprint density at radius 1 is 1.15 bits per heavy atom. The molecule has 0 bridgehead atoms. The maximum atomic E-state index is 14.0. The number of sulfonamides is 1. The van der Waals surface area contributed by atoms with Crippen LogP contribution in [-0.2, 0) is 16.4 Å². The minimum absolute atomic E-state index is 0.00668. The third-order valence-corrected chi connectivity index (χ3v) is 7.07. The summed E-state index contributed by atoms with van der Waals surface area (Å²) in [6.45, 7) is 2.22. The summed E-state index contributed by atoms with van der Waals surface area (Å²) in [7, 11) is -3.50. The fourth-order valence-corrected chi connectivity index (χ4v) is 4.88. The highest BCUT2D eigenvalue weighted by molar-refractivity contribution is 7.91. The molecular weight excluding hydrogens is 363 g/mol. The molecule has 2 aromatic rings. The lowest BCUT2D eigenvalue weighted by molar-refractivity contribution is 0.511. The standard InChI is InChI=1S/C21H24FN2O2S/c1-2-27(25,26)24(12-6-8-18(15-23)16-24)20-10-5-7-17(14-20)13-19-9-3-4-11-21(19)22/h3-11,14,16H,2,12-13,15,23H2,1H3/q+1. The Morgan fingerprint density at radius 3 is 2.63 bits per heavy atom. The molecule has 0 saturated carbocycles. The molecule has 0 aromatic heterocycles. The van der Waals surface area contributed by atoms with Crippen LogP contribution in [0.2, 0.25) is 0 Å². The minimum Gasteiger partial charge on any atom is -0.326 e. The molecule has 0 aliphatic carbocycles. The number of nitrogens with zero attached hydrogens (tertiary/aromatic N) is 1. The zero-order valence-electron chi connectivity index (χ0n) is 15.3. The molecule has 0 radical (unpaired) electrons. The van der Waals surface area contributed by atoms with Crippen molar-refractivity contribution in [2.45, 2.75) is 13.3 Å². The number of rotatable bonds is 6. The lowest BCUT2D eigenvalue weighted by Gasteiger charge is -2.34. The Morgan fingerprint density at radius 2 is 1.93 bits per heavy atom. The number of hydrogen-bond donors (Lipinski definition) is 1. The highest BCUT2D eigenvalue weighted by atomic mass is 32.2. The Labute approximate surface area is 160 Å². The van der Waals surface area contributed by atoms with Crippen molar-refractivity contribution in [3.63, 3.8) is 0 Å². The number of nitrogens with two attached hydrogens (primary N) is 1. The molecule has 2 N–H and O–H groups in total. The van der Waals surface area contributed by atoms with Crippen LogP contribution in [0.4, 0.5) is 10.1 Å². The molecule has 27 heavy (non-hydrogen) atoms. The van der Waals surface area contributed by atoms with Gasteiger partial charge in [-0.1, -0.05) is 36.4 Å². The Kier molecular flexibility index (Phi) is 5.60. The van der Waals surface area contributed by atoms with Crippen LogP contribution < -0.4 is 9.62 Å². The zero-order chi connectivity index (χ0) is 19.5. The first-order chi connectivity index (χ1) is 12.9. The third kappa shape index (κ3) is 3.74. The second-order valence-corrected chi connectivity index (χ2v) is 8.99. The van der Waals surface area contributed by atoms with Crippen LogP contribution in [0.1, 0.15) is 18.1 Å². The predicted octanol–water partition coefficient (Wildman–Crippen LogP) is 3.49. The second-order valence-electron chi connectivity index (χ2n) is 6.60. The Bertz CT molecular complexity index is 999. The third-order valence-electron chi connectivity index (χ3n) is 4.88. The average Bonchev–Trinajstić information content (AvgIpc) is 2.70. The van der Waals surface area contributed by atoms with Crippen LogP contribution >= 0.6 is 0 Å². The maximum Gasteiger partial charge on any atom is 0.306 e. The first-order valence-electron chi connectivity index (χ1n) is 8.94. The van der Waals surface area contributed by atoms with Gasteiger partial charge in [-0.15, -0.1) is 0 Å². The molecule has 0 saturated heterocycles. The number of halogens is 1. The summed E-state index contributed by atoms with van der Waals surface area (Å²) in [6.07, 6.45) is 5.83. The van der Waals surface area contributed by atoms with Gasteiger partial charge in [0.05, 0.1) is 5.75 Å². The van der Waals surface area contributed by atoms with E-state index in [1.807, 2.05) is 36.4 Å². The number of quaternary nitrogens is 1. The van der Waals surface area contributed by atoms with Crippen LogP contribution in [0.3, 0.4) is 0 Å². The molecule has 1 atom stereocenters. The smallest absolute Gasteiger partial charge is 0.306 e. The summed E-state index contributed by atoms with van der Waals surface area (Å²) < 4.78 is 39.8. The highest BCUT2D eigenvalue weighted by Gasteiger charge is 2.42. The van der Waals surface area contributed by atoms with E-state index in [0.717, 1.165) is 11.1 Å². The molecule has 1 aliphatic heterocycles. The molecule has 1 aliphatic rings. The van der Waals surface area contributed by atoms with E-state index in [1.54, 1.807) is 31.3 Å². The van der Waals surface area contributed by atoms with Gasteiger partial charge in [-0.3, -0.25) is 0 Å². The first kappa shape index (κ1) is 19.5. The summed E-state index contributed by atoms with van der Waals surface area (Å²) in [5.41, 5.74) is 8.63. The summed E-state index contributed by atoms with van der Waals surface area (Å²) in [4.78, 5) is 0. The Hall–Kier alpha value is -2.28. The van der Waals surface area contributed by atoms with E-state index in [4.69, 9.17) is 5.73 Å². The number of benzene rings is 2. The Balaban J connectivity index is 2.08. The molecule has 4 nitrogen and oxygen atoms in total. The van der Waals surface area contributed by atoms with Gasteiger partial charge in [0, 0.05) is 30.7 Å². The van der Waals surface area contributed by atoms with Crippen molar-refractivity contribution in [2.75, 3.05) is 18.8 Å². The molecule has 142 valence electrons. The summed E-state index contributed by atoms with van der Waals surface area (Å²) in [6, 6.07) is 14.0.